The monoisotopic (exact) mass is 98.0 g/mol. The van der Waals surface area contributed by atoms with Crippen LogP contribution in [0.4, 0.5) is 0 Å². The fourth-order valence-electron chi connectivity index (χ4n) is 0.268. The standard InChI is InChI=1S/C4H4NO2/c1-6-4-2-7-3-5-4/h2H,1H3. The molecule has 1 radical (unpaired) electrons. The second kappa shape index (κ2) is 1.64. The van der Waals surface area contributed by atoms with E-state index in [1.54, 1.807) is 0 Å². The number of hydrogen-bond donors (Lipinski definition) is 0. The Morgan fingerprint density at radius 2 is 2.86 bits per heavy atom. The summed E-state index contributed by atoms with van der Waals surface area (Å²) < 4.78 is 9.06. The van der Waals surface area contributed by atoms with Crippen LogP contribution in [-0.4, -0.2) is 12.1 Å². The van der Waals surface area contributed by atoms with E-state index in [2.05, 4.69) is 20.5 Å². The molecule has 0 N–H and O–H groups in total. The molecule has 7 heavy (non-hydrogen) atoms. The highest BCUT2D eigenvalue weighted by molar-refractivity contribution is 4.96. The Hall–Kier alpha value is -0.990. The molecule has 0 aliphatic carbocycles. The Kier molecular flexibility index (Phi) is 0.978. The van der Waals surface area contributed by atoms with Crippen LogP contribution >= 0.6 is 0 Å². The maximum Gasteiger partial charge on any atom is 0.287 e. The largest absolute Gasteiger partial charge is 0.479 e. The number of ether oxygens (including phenoxy) is 1. The molecule has 37 valence electrons. The number of hydrogen-bond acceptors (Lipinski definition) is 3. The number of oxazole rings is 1. The first-order valence-corrected chi connectivity index (χ1v) is 1.79. The van der Waals surface area contributed by atoms with Crippen molar-refractivity contribution in [2.45, 2.75) is 0 Å². The van der Waals surface area contributed by atoms with Crippen LogP contribution in [-0.2, 0) is 0 Å². The number of rotatable bonds is 1. The lowest BCUT2D eigenvalue weighted by molar-refractivity contribution is 0.395. The third-order valence-corrected chi connectivity index (χ3v) is 0.577. The summed E-state index contributed by atoms with van der Waals surface area (Å²) in [5.74, 6) is 0.458. The van der Waals surface area contributed by atoms with Gasteiger partial charge in [-0.1, -0.05) is 0 Å². The van der Waals surface area contributed by atoms with Gasteiger partial charge < -0.3 is 9.15 Å². The Labute approximate surface area is 40.9 Å². The molecule has 1 aromatic rings. The first kappa shape index (κ1) is 4.18. The average Bonchev–Trinajstić information content (AvgIpc) is 2.14. The molecular formula is C4H4NO2. The molecule has 0 fully saturated rings. The van der Waals surface area contributed by atoms with Crippen LogP contribution < -0.4 is 4.74 Å². The first-order chi connectivity index (χ1) is 3.43. The molecule has 3 nitrogen and oxygen atoms in total. The molecular weight excluding hydrogens is 94.0 g/mol. The molecule has 0 aromatic carbocycles. The van der Waals surface area contributed by atoms with E-state index < -0.39 is 0 Å². The Morgan fingerprint density at radius 1 is 2.00 bits per heavy atom. The lowest BCUT2D eigenvalue weighted by Crippen LogP contribution is -1.78. The van der Waals surface area contributed by atoms with E-state index in [9.17, 15) is 0 Å². The van der Waals surface area contributed by atoms with Gasteiger partial charge in [0.25, 0.3) is 12.3 Å². The molecule has 0 saturated carbocycles. The molecule has 1 rings (SSSR count). The molecule has 1 heterocycles. The van der Waals surface area contributed by atoms with Gasteiger partial charge in [0.1, 0.15) is 0 Å². The van der Waals surface area contributed by atoms with E-state index in [1.807, 2.05) is 0 Å². The predicted octanol–water partition coefficient (Wildman–Crippen LogP) is 0.483. The van der Waals surface area contributed by atoms with Crippen molar-refractivity contribution in [3.05, 3.63) is 12.7 Å². The maximum absolute atomic E-state index is 4.62. The molecule has 3 heteroatoms. The van der Waals surface area contributed by atoms with Gasteiger partial charge in [0.15, 0.2) is 6.26 Å². The molecule has 1 aromatic heterocycles. The van der Waals surface area contributed by atoms with Crippen molar-refractivity contribution in [3.8, 4) is 5.88 Å². The van der Waals surface area contributed by atoms with Crippen molar-refractivity contribution >= 4 is 0 Å². The van der Waals surface area contributed by atoms with E-state index in [0.717, 1.165) is 0 Å². The lowest BCUT2D eigenvalue weighted by Gasteiger charge is -1.83. The van der Waals surface area contributed by atoms with Gasteiger partial charge in [0.05, 0.1) is 7.11 Å². The van der Waals surface area contributed by atoms with E-state index in [0.29, 0.717) is 5.88 Å². The van der Waals surface area contributed by atoms with Crippen LogP contribution in [0.25, 0.3) is 0 Å². The highest BCUT2D eigenvalue weighted by Gasteiger charge is 1.87. The SMILES string of the molecule is COc1co[c]n1. The van der Waals surface area contributed by atoms with Gasteiger partial charge in [-0.05, 0) is 0 Å². The van der Waals surface area contributed by atoms with Crippen LogP contribution in [0.1, 0.15) is 0 Å². The zero-order valence-electron chi connectivity index (χ0n) is 3.84. The second-order valence-electron chi connectivity index (χ2n) is 0.981. The normalized spacial score (nSPS) is 8.71. The van der Waals surface area contributed by atoms with Crippen molar-refractivity contribution in [2.75, 3.05) is 7.11 Å². The summed E-state index contributed by atoms with van der Waals surface area (Å²) in [7, 11) is 1.52. The van der Waals surface area contributed by atoms with Crippen molar-refractivity contribution in [1.82, 2.24) is 4.98 Å². The van der Waals surface area contributed by atoms with Crippen LogP contribution in [0.2, 0.25) is 0 Å². The lowest BCUT2D eigenvalue weighted by atomic mass is 10.9. The quantitative estimate of drug-likeness (QED) is 0.512. The molecule has 0 amide bonds. The van der Waals surface area contributed by atoms with Gasteiger partial charge in [-0.25, -0.2) is 0 Å². The minimum Gasteiger partial charge on any atom is -0.479 e. The minimum atomic E-state index is 0.458. The Morgan fingerprint density at radius 3 is 3.14 bits per heavy atom. The highest BCUT2D eigenvalue weighted by atomic mass is 16.5. The summed E-state index contributed by atoms with van der Waals surface area (Å²) in [5.41, 5.74) is 0. The van der Waals surface area contributed by atoms with E-state index in [4.69, 9.17) is 0 Å². The predicted molar refractivity (Wildman–Crippen MR) is 21.9 cm³/mol. The first-order valence-electron chi connectivity index (χ1n) is 1.79. The van der Waals surface area contributed by atoms with E-state index >= 15 is 0 Å². The molecule has 0 bridgehead atoms. The molecule has 0 unspecified atom stereocenters. The van der Waals surface area contributed by atoms with Crippen LogP contribution in [0.5, 0.6) is 5.88 Å². The third kappa shape index (κ3) is 0.707. The van der Waals surface area contributed by atoms with E-state index in [-0.39, 0.29) is 0 Å². The van der Waals surface area contributed by atoms with Gasteiger partial charge >= 0.3 is 0 Å². The summed E-state index contributed by atoms with van der Waals surface area (Å²) >= 11 is 0. The number of aromatic nitrogens is 1. The van der Waals surface area contributed by atoms with Crippen LogP contribution in [0, 0.1) is 6.39 Å². The summed E-state index contributed by atoms with van der Waals surface area (Å²) in [5, 5.41) is 0. The fourth-order valence-corrected chi connectivity index (χ4v) is 0.268. The summed E-state index contributed by atoms with van der Waals surface area (Å²) in [6.45, 7) is 0. The van der Waals surface area contributed by atoms with Crippen molar-refractivity contribution in [1.29, 1.82) is 0 Å². The fraction of sp³-hybridized carbons (Fsp3) is 0.250. The zero-order valence-corrected chi connectivity index (χ0v) is 3.84. The highest BCUT2D eigenvalue weighted by Crippen LogP contribution is 2.00. The summed E-state index contributed by atoms with van der Waals surface area (Å²) in [4.78, 5) is 3.52. The average molecular weight is 98.1 g/mol. The Bertz CT molecular complexity index is 124. The molecule has 0 saturated heterocycles. The van der Waals surface area contributed by atoms with Crippen LogP contribution in [0.15, 0.2) is 10.7 Å². The second-order valence-corrected chi connectivity index (χ2v) is 0.981. The number of methoxy groups -OCH3 is 1. The van der Waals surface area contributed by atoms with Gasteiger partial charge in [-0.3, -0.25) is 0 Å². The van der Waals surface area contributed by atoms with E-state index in [1.165, 1.54) is 13.4 Å². The molecule has 0 aliphatic heterocycles. The van der Waals surface area contributed by atoms with Gasteiger partial charge in [-0.15, -0.1) is 0 Å². The van der Waals surface area contributed by atoms with Crippen molar-refractivity contribution in [2.24, 2.45) is 0 Å². The molecule has 0 aliphatic rings. The minimum absolute atomic E-state index is 0.458. The third-order valence-electron chi connectivity index (χ3n) is 0.577. The number of nitrogens with zero attached hydrogens (tertiary/aromatic N) is 1. The van der Waals surface area contributed by atoms with Gasteiger partial charge in [-0.2, -0.15) is 4.98 Å². The Balaban J connectivity index is 2.76. The van der Waals surface area contributed by atoms with Crippen molar-refractivity contribution < 1.29 is 9.15 Å². The summed E-state index contributed by atoms with van der Waals surface area (Å²) in [6.07, 6.45) is 3.61. The zero-order chi connectivity index (χ0) is 5.11. The topological polar surface area (TPSA) is 35.3 Å². The molecule has 0 atom stereocenters. The van der Waals surface area contributed by atoms with Gasteiger partial charge in [0.2, 0.25) is 0 Å². The van der Waals surface area contributed by atoms with Gasteiger partial charge in [0, 0.05) is 0 Å². The smallest absolute Gasteiger partial charge is 0.287 e. The van der Waals surface area contributed by atoms with Crippen molar-refractivity contribution in [3.63, 3.8) is 0 Å². The maximum atomic E-state index is 4.62. The van der Waals surface area contributed by atoms with Crippen LogP contribution in [0.3, 0.4) is 0 Å². The molecule has 0 spiro atoms. The summed E-state index contributed by atoms with van der Waals surface area (Å²) in [6, 6.07) is 0.